The Morgan fingerprint density at radius 2 is 1.94 bits per heavy atom. The first kappa shape index (κ1) is 11.6. The molecule has 1 aliphatic heterocycles. The number of hydrogen-bond donors (Lipinski definition) is 0. The molecule has 1 aliphatic rings. The maximum Gasteiger partial charge on any atom is 0.310 e. The van der Waals surface area contributed by atoms with Crippen molar-refractivity contribution >= 4 is 11.8 Å². The molecule has 0 aliphatic carbocycles. The molecule has 0 N–H and O–H groups in total. The zero-order valence-electron chi connectivity index (χ0n) is 9.90. The number of hydrogen-bond acceptors (Lipinski definition) is 3. The molecule has 0 saturated carbocycles. The molecule has 3 nitrogen and oxygen atoms in total. The lowest BCUT2D eigenvalue weighted by atomic mass is 9.92. The molecular weight excluding hydrogens is 216 g/mol. The molecule has 0 radical (unpaired) electrons. The lowest BCUT2D eigenvalue weighted by Gasteiger charge is -2.23. The van der Waals surface area contributed by atoms with Gasteiger partial charge in [-0.3, -0.25) is 9.59 Å². The van der Waals surface area contributed by atoms with Crippen LogP contribution in [0.1, 0.15) is 30.6 Å². The minimum atomic E-state index is -0.455. The maximum absolute atomic E-state index is 12.3. The quantitative estimate of drug-likeness (QED) is 0.579. The van der Waals surface area contributed by atoms with Gasteiger partial charge in [-0.2, -0.15) is 0 Å². The Morgan fingerprint density at radius 3 is 2.53 bits per heavy atom. The van der Waals surface area contributed by atoms with E-state index in [0.29, 0.717) is 11.1 Å². The van der Waals surface area contributed by atoms with Crippen molar-refractivity contribution in [3.8, 4) is 0 Å². The summed E-state index contributed by atoms with van der Waals surface area (Å²) < 4.78 is 5.09. The summed E-state index contributed by atoms with van der Waals surface area (Å²) in [6.07, 6.45) is -0.248. The average Bonchev–Trinajstić information content (AvgIpc) is 2.28. The van der Waals surface area contributed by atoms with Crippen molar-refractivity contribution in [1.29, 1.82) is 0 Å². The van der Waals surface area contributed by atoms with Gasteiger partial charge in [0.2, 0.25) is 0 Å². The molecule has 2 rings (SSSR count). The second kappa shape index (κ2) is 4.53. The third-order valence-corrected chi connectivity index (χ3v) is 2.86. The number of carbonyl (C=O) groups excluding carboxylic acids is 2. The van der Waals surface area contributed by atoms with E-state index in [9.17, 15) is 9.59 Å². The second-order valence-electron chi connectivity index (χ2n) is 4.20. The average molecular weight is 230 g/mol. The molecule has 0 spiro atoms. The highest BCUT2D eigenvalue weighted by Gasteiger charge is 2.28. The van der Waals surface area contributed by atoms with Gasteiger partial charge in [-0.05, 0) is 13.8 Å². The second-order valence-corrected chi connectivity index (χ2v) is 4.20. The first-order valence-corrected chi connectivity index (χ1v) is 5.58. The van der Waals surface area contributed by atoms with Gasteiger partial charge in [-0.1, -0.05) is 35.9 Å². The van der Waals surface area contributed by atoms with Gasteiger partial charge in [-0.25, -0.2) is 0 Å². The SMILES string of the molecule is CC1=C(C(=O)c2ccccc2)C(C)OC(=O)C1. The zero-order valence-corrected chi connectivity index (χ0v) is 9.90. The summed E-state index contributed by atoms with van der Waals surface area (Å²) in [5.74, 6) is -0.317. The van der Waals surface area contributed by atoms with Crippen LogP contribution in [0.3, 0.4) is 0 Å². The fourth-order valence-electron chi connectivity index (χ4n) is 2.08. The Morgan fingerprint density at radius 1 is 1.29 bits per heavy atom. The molecule has 0 bridgehead atoms. The van der Waals surface area contributed by atoms with Crippen molar-refractivity contribution in [2.24, 2.45) is 0 Å². The largest absolute Gasteiger partial charge is 0.457 e. The van der Waals surface area contributed by atoms with Crippen LogP contribution in [0.5, 0.6) is 0 Å². The number of ketones is 1. The van der Waals surface area contributed by atoms with Crippen LogP contribution in [0.25, 0.3) is 0 Å². The van der Waals surface area contributed by atoms with E-state index in [1.165, 1.54) is 0 Å². The van der Waals surface area contributed by atoms with Crippen LogP contribution in [0.15, 0.2) is 41.5 Å². The predicted molar refractivity (Wildman–Crippen MR) is 63.6 cm³/mol. The molecule has 3 heteroatoms. The molecule has 1 aromatic carbocycles. The summed E-state index contributed by atoms with van der Waals surface area (Å²) >= 11 is 0. The molecule has 1 heterocycles. The van der Waals surface area contributed by atoms with E-state index in [4.69, 9.17) is 4.74 Å². The van der Waals surface area contributed by atoms with Crippen molar-refractivity contribution < 1.29 is 14.3 Å². The van der Waals surface area contributed by atoms with Crippen molar-refractivity contribution in [3.05, 3.63) is 47.0 Å². The highest BCUT2D eigenvalue weighted by Crippen LogP contribution is 2.25. The number of ether oxygens (including phenoxy) is 1. The number of carbonyl (C=O) groups is 2. The van der Waals surface area contributed by atoms with E-state index in [2.05, 4.69) is 0 Å². The Bertz CT molecular complexity index is 485. The number of esters is 1. The lowest BCUT2D eigenvalue weighted by molar-refractivity contribution is -0.146. The highest BCUT2D eigenvalue weighted by molar-refractivity contribution is 6.10. The minimum Gasteiger partial charge on any atom is -0.457 e. The smallest absolute Gasteiger partial charge is 0.310 e. The van der Waals surface area contributed by atoms with E-state index in [1.54, 1.807) is 19.1 Å². The highest BCUT2D eigenvalue weighted by atomic mass is 16.5. The summed E-state index contributed by atoms with van der Waals surface area (Å²) in [6.45, 7) is 3.55. The Balaban J connectivity index is 2.37. The van der Waals surface area contributed by atoms with Gasteiger partial charge >= 0.3 is 5.97 Å². The van der Waals surface area contributed by atoms with Crippen LogP contribution in [-0.4, -0.2) is 17.9 Å². The fraction of sp³-hybridized carbons (Fsp3) is 0.286. The van der Waals surface area contributed by atoms with Crippen molar-refractivity contribution in [2.45, 2.75) is 26.4 Å². The van der Waals surface area contributed by atoms with Crippen molar-refractivity contribution in [2.75, 3.05) is 0 Å². The molecule has 0 saturated heterocycles. The van der Waals surface area contributed by atoms with Crippen LogP contribution in [-0.2, 0) is 9.53 Å². The van der Waals surface area contributed by atoms with Crippen LogP contribution in [0.4, 0.5) is 0 Å². The Labute approximate surface area is 100 Å². The normalized spacial score (nSPS) is 20.1. The monoisotopic (exact) mass is 230 g/mol. The molecule has 1 aromatic rings. The van der Waals surface area contributed by atoms with Gasteiger partial charge in [0.05, 0.1) is 6.42 Å². The minimum absolute atomic E-state index is 0.0527. The summed E-state index contributed by atoms with van der Waals surface area (Å²) in [7, 11) is 0. The molecule has 1 atom stereocenters. The number of Topliss-reactive ketones (excluding diaryl/α,β-unsaturated/α-hetero) is 1. The molecule has 17 heavy (non-hydrogen) atoms. The van der Waals surface area contributed by atoms with Crippen LogP contribution in [0, 0.1) is 0 Å². The number of benzene rings is 1. The zero-order chi connectivity index (χ0) is 12.4. The summed E-state index contributed by atoms with van der Waals surface area (Å²) in [5.41, 5.74) is 2.05. The molecule has 0 aromatic heterocycles. The molecule has 0 amide bonds. The van der Waals surface area contributed by atoms with Crippen LogP contribution < -0.4 is 0 Å². The van der Waals surface area contributed by atoms with Gasteiger partial charge in [0.15, 0.2) is 5.78 Å². The van der Waals surface area contributed by atoms with Crippen molar-refractivity contribution in [3.63, 3.8) is 0 Å². The first-order valence-electron chi connectivity index (χ1n) is 5.58. The third-order valence-electron chi connectivity index (χ3n) is 2.86. The maximum atomic E-state index is 12.3. The molecule has 88 valence electrons. The molecular formula is C14H14O3. The van der Waals surface area contributed by atoms with Crippen molar-refractivity contribution in [1.82, 2.24) is 0 Å². The van der Waals surface area contributed by atoms with E-state index in [1.807, 2.05) is 25.1 Å². The van der Waals surface area contributed by atoms with E-state index in [-0.39, 0.29) is 18.2 Å². The van der Waals surface area contributed by atoms with Gasteiger partial charge < -0.3 is 4.74 Å². The topological polar surface area (TPSA) is 43.4 Å². The van der Waals surface area contributed by atoms with E-state index in [0.717, 1.165) is 5.57 Å². The molecule has 1 unspecified atom stereocenters. The van der Waals surface area contributed by atoms with Crippen LogP contribution >= 0.6 is 0 Å². The number of cyclic esters (lactones) is 1. The first-order chi connectivity index (χ1) is 8.09. The van der Waals surface area contributed by atoms with Crippen LogP contribution in [0.2, 0.25) is 0 Å². The van der Waals surface area contributed by atoms with Gasteiger partial charge in [0.25, 0.3) is 0 Å². The predicted octanol–water partition coefficient (Wildman–Crippen LogP) is 2.52. The van der Waals surface area contributed by atoms with Gasteiger partial charge in [0.1, 0.15) is 6.10 Å². The van der Waals surface area contributed by atoms with E-state index >= 15 is 0 Å². The van der Waals surface area contributed by atoms with Gasteiger partial charge in [0, 0.05) is 11.1 Å². The summed E-state index contributed by atoms with van der Waals surface area (Å²) in [4.78, 5) is 23.5. The van der Waals surface area contributed by atoms with Gasteiger partial charge in [-0.15, -0.1) is 0 Å². The molecule has 0 fully saturated rings. The summed E-state index contributed by atoms with van der Waals surface area (Å²) in [5, 5.41) is 0. The Kier molecular flexibility index (Phi) is 3.09. The standard InChI is InChI=1S/C14H14O3/c1-9-8-12(15)17-10(2)13(9)14(16)11-6-4-3-5-7-11/h3-7,10H,8H2,1-2H3. The fourth-order valence-corrected chi connectivity index (χ4v) is 2.08. The van der Waals surface area contributed by atoms with E-state index < -0.39 is 6.10 Å². The third kappa shape index (κ3) is 2.28. The lowest BCUT2D eigenvalue weighted by Crippen LogP contribution is -2.28. The number of rotatable bonds is 2. The summed E-state index contributed by atoms with van der Waals surface area (Å²) in [6, 6.07) is 9.05. The Hall–Kier alpha value is -1.90.